The Kier molecular flexibility index (Phi) is 6.46. The fourth-order valence-corrected chi connectivity index (χ4v) is 1.83. The summed E-state index contributed by atoms with van der Waals surface area (Å²) in [6.45, 7) is 5.25. The van der Waals surface area contributed by atoms with Gasteiger partial charge in [0.1, 0.15) is 0 Å². The SMILES string of the molecule is CCCCN(CCO)CCn1cc(N)ccc1=O. The predicted molar refractivity (Wildman–Crippen MR) is 73.5 cm³/mol. The summed E-state index contributed by atoms with van der Waals surface area (Å²) in [6.07, 6.45) is 3.89. The van der Waals surface area contributed by atoms with Crippen LogP contribution in [0, 0.1) is 0 Å². The number of anilines is 1. The van der Waals surface area contributed by atoms with Crippen molar-refractivity contribution < 1.29 is 5.11 Å². The first kappa shape index (κ1) is 14.7. The van der Waals surface area contributed by atoms with E-state index in [4.69, 9.17) is 10.8 Å². The highest BCUT2D eigenvalue weighted by Gasteiger charge is 2.04. The van der Waals surface area contributed by atoms with Gasteiger partial charge in [-0.3, -0.25) is 9.69 Å². The minimum atomic E-state index is -0.0383. The van der Waals surface area contributed by atoms with Crippen LogP contribution in [-0.2, 0) is 6.54 Å². The number of nitrogens with zero attached hydrogens (tertiary/aromatic N) is 2. The van der Waals surface area contributed by atoms with E-state index < -0.39 is 0 Å². The highest BCUT2D eigenvalue weighted by atomic mass is 16.3. The summed E-state index contributed by atoms with van der Waals surface area (Å²) in [5.41, 5.74) is 6.22. The van der Waals surface area contributed by atoms with Gasteiger partial charge in [0.05, 0.1) is 6.61 Å². The van der Waals surface area contributed by atoms with Crippen LogP contribution in [0.3, 0.4) is 0 Å². The van der Waals surface area contributed by atoms with Crippen molar-refractivity contribution in [3.05, 3.63) is 28.7 Å². The van der Waals surface area contributed by atoms with E-state index in [0.717, 1.165) is 25.9 Å². The molecule has 0 saturated carbocycles. The molecule has 1 rings (SSSR count). The molecule has 0 unspecified atom stereocenters. The molecule has 0 saturated heterocycles. The molecular weight excluding hydrogens is 230 g/mol. The lowest BCUT2D eigenvalue weighted by molar-refractivity contribution is 0.189. The number of hydrogen-bond donors (Lipinski definition) is 2. The number of unbranched alkanes of at least 4 members (excludes halogenated alkanes) is 1. The first-order valence-electron chi connectivity index (χ1n) is 6.46. The van der Waals surface area contributed by atoms with E-state index in [1.54, 1.807) is 16.8 Å². The standard InChI is InChI=1S/C13H23N3O2/c1-2-3-6-15(9-10-17)7-8-16-11-12(14)4-5-13(16)18/h4-5,11,17H,2-3,6-10,14H2,1H3. The number of aromatic nitrogens is 1. The fourth-order valence-electron chi connectivity index (χ4n) is 1.83. The van der Waals surface area contributed by atoms with Crippen LogP contribution in [0.1, 0.15) is 19.8 Å². The van der Waals surface area contributed by atoms with E-state index in [2.05, 4.69) is 11.8 Å². The first-order valence-corrected chi connectivity index (χ1v) is 6.46. The summed E-state index contributed by atoms with van der Waals surface area (Å²) >= 11 is 0. The van der Waals surface area contributed by atoms with E-state index in [1.165, 1.54) is 6.07 Å². The summed E-state index contributed by atoms with van der Waals surface area (Å²) in [5, 5.41) is 9.00. The second kappa shape index (κ2) is 7.89. The number of rotatable bonds is 8. The van der Waals surface area contributed by atoms with Gasteiger partial charge in [-0.25, -0.2) is 0 Å². The summed E-state index contributed by atoms with van der Waals surface area (Å²) in [5.74, 6) is 0. The lowest BCUT2D eigenvalue weighted by atomic mass is 10.3. The minimum Gasteiger partial charge on any atom is -0.398 e. The van der Waals surface area contributed by atoms with Crippen LogP contribution >= 0.6 is 0 Å². The molecule has 1 aromatic rings. The number of aliphatic hydroxyl groups excluding tert-OH is 1. The van der Waals surface area contributed by atoms with Crippen LogP contribution in [0.2, 0.25) is 0 Å². The highest BCUT2D eigenvalue weighted by Crippen LogP contribution is 1.98. The van der Waals surface area contributed by atoms with Gasteiger partial charge in [0.15, 0.2) is 0 Å². The molecule has 0 spiro atoms. The molecule has 1 aromatic heterocycles. The van der Waals surface area contributed by atoms with Crippen LogP contribution in [-0.4, -0.2) is 40.8 Å². The zero-order valence-electron chi connectivity index (χ0n) is 11.0. The second-order valence-electron chi connectivity index (χ2n) is 4.41. The highest BCUT2D eigenvalue weighted by molar-refractivity contribution is 5.33. The lowest BCUT2D eigenvalue weighted by Gasteiger charge is -2.21. The van der Waals surface area contributed by atoms with E-state index in [9.17, 15) is 4.79 Å². The van der Waals surface area contributed by atoms with Crippen LogP contribution in [0.25, 0.3) is 0 Å². The Morgan fingerprint density at radius 3 is 2.78 bits per heavy atom. The number of hydrogen-bond acceptors (Lipinski definition) is 4. The number of nitrogens with two attached hydrogens (primary N) is 1. The number of nitrogen functional groups attached to an aromatic ring is 1. The molecule has 1 heterocycles. The maximum absolute atomic E-state index is 11.6. The molecule has 0 radical (unpaired) electrons. The molecule has 5 heteroatoms. The Morgan fingerprint density at radius 2 is 2.11 bits per heavy atom. The van der Waals surface area contributed by atoms with Crippen molar-refractivity contribution in [3.8, 4) is 0 Å². The summed E-state index contributed by atoms with van der Waals surface area (Å²) < 4.78 is 1.62. The Hall–Kier alpha value is -1.33. The first-order chi connectivity index (χ1) is 8.67. The van der Waals surface area contributed by atoms with E-state index >= 15 is 0 Å². The molecule has 3 N–H and O–H groups in total. The Morgan fingerprint density at radius 1 is 1.33 bits per heavy atom. The van der Waals surface area contributed by atoms with E-state index in [1.807, 2.05) is 0 Å². The zero-order chi connectivity index (χ0) is 13.4. The smallest absolute Gasteiger partial charge is 0.250 e. The van der Waals surface area contributed by atoms with Gasteiger partial charge < -0.3 is 15.4 Å². The van der Waals surface area contributed by atoms with Gasteiger partial charge in [0, 0.05) is 37.6 Å². The molecule has 0 fully saturated rings. The van der Waals surface area contributed by atoms with E-state index in [0.29, 0.717) is 18.8 Å². The van der Waals surface area contributed by atoms with Crippen molar-refractivity contribution in [3.63, 3.8) is 0 Å². The van der Waals surface area contributed by atoms with Gasteiger partial charge in [-0.05, 0) is 19.0 Å². The monoisotopic (exact) mass is 253 g/mol. The van der Waals surface area contributed by atoms with Crippen molar-refractivity contribution in [2.75, 3.05) is 32.0 Å². The lowest BCUT2D eigenvalue weighted by Crippen LogP contribution is -2.33. The van der Waals surface area contributed by atoms with Crippen molar-refractivity contribution >= 4 is 5.69 Å². The molecule has 102 valence electrons. The van der Waals surface area contributed by atoms with Gasteiger partial charge in [-0.2, -0.15) is 0 Å². The third kappa shape index (κ3) is 4.89. The van der Waals surface area contributed by atoms with Gasteiger partial charge in [0.2, 0.25) is 0 Å². The van der Waals surface area contributed by atoms with Gasteiger partial charge in [-0.1, -0.05) is 13.3 Å². The molecule has 0 amide bonds. The maximum Gasteiger partial charge on any atom is 0.250 e. The average molecular weight is 253 g/mol. The van der Waals surface area contributed by atoms with E-state index in [-0.39, 0.29) is 12.2 Å². The molecule has 0 aliphatic heterocycles. The van der Waals surface area contributed by atoms with Crippen molar-refractivity contribution in [1.82, 2.24) is 9.47 Å². The predicted octanol–water partition coefficient (Wildman–Crippen LogP) is 0.525. The number of pyridine rings is 1. The third-order valence-electron chi connectivity index (χ3n) is 2.91. The van der Waals surface area contributed by atoms with Crippen LogP contribution in [0.5, 0.6) is 0 Å². The summed E-state index contributed by atoms with van der Waals surface area (Å²) in [4.78, 5) is 13.8. The topological polar surface area (TPSA) is 71.5 Å². The van der Waals surface area contributed by atoms with Gasteiger partial charge in [0.25, 0.3) is 5.56 Å². The molecule has 0 atom stereocenters. The second-order valence-corrected chi connectivity index (χ2v) is 4.41. The largest absolute Gasteiger partial charge is 0.398 e. The summed E-state index contributed by atoms with van der Waals surface area (Å²) in [6, 6.07) is 3.10. The zero-order valence-corrected chi connectivity index (χ0v) is 11.0. The van der Waals surface area contributed by atoms with Crippen molar-refractivity contribution in [1.29, 1.82) is 0 Å². The quantitative estimate of drug-likeness (QED) is 0.709. The molecule has 0 bridgehead atoms. The Labute approximate surface area is 108 Å². The molecular formula is C13H23N3O2. The van der Waals surface area contributed by atoms with Gasteiger partial charge >= 0.3 is 0 Å². The third-order valence-corrected chi connectivity index (χ3v) is 2.91. The van der Waals surface area contributed by atoms with Crippen LogP contribution in [0.15, 0.2) is 23.1 Å². The fraction of sp³-hybridized carbons (Fsp3) is 0.615. The number of aliphatic hydroxyl groups is 1. The molecule has 5 nitrogen and oxygen atoms in total. The average Bonchev–Trinajstić information content (AvgIpc) is 2.36. The summed E-state index contributed by atoms with van der Waals surface area (Å²) in [7, 11) is 0. The van der Waals surface area contributed by atoms with Crippen LogP contribution in [0.4, 0.5) is 5.69 Å². The van der Waals surface area contributed by atoms with Crippen LogP contribution < -0.4 is 11.3 Å². The maximum atomic E-state index is 11.6. The van der Waals surface area contributed by atoms with Crippen molar-refractivity contribution in [2.45, 2.75) is 26.3 Å². The Balaban J connectivity index is 2.54. The minimum absolute atomic E-state index is 0.0383. The molecule has 0 aliphatic rings. The Bertz CT molecular complexity index is 403. The molecule has 0 aromatic carbocycles. The molecule has 0 aliphatic carbocycles. The van der Waals surface area contributed by atoms with Gasteiger partial charge in [-0.15, -0.1) is 0 Å². The van der Waals surface area contributed by atoms with Crippen molar-refractivity contribution in [2.24, 2.45) is 0 Å². The molecule has 18 heavy (non-hydrogen) atoms. The normalized spacial score (nSPS) is 11.1.